The maximum absolute atomic E-state index is 12.0. The molecule has 1 N–H and O–H groups in total. The van der Waals surface area contributed by atoms with E-state index >= 15 is 0 Å². The minimum atomic E-state index is -0.350. The van der Waals surface area contributed by atoms with Crippen molar-refractivity contribution in [1.29, 1.82) is 0 Å². The van der Waals surface area contributed by atoms with Crippen molar-refractivity contribution < 1.29 is 9.53 Å². The highest BCUT2D eigenvalue weighted by Gasteiger charge is 2.11. The van der Waals surface area contributed by atoms with Gasteiger partial charge in [-0.15, -0.1) is 0 Å². The van der Waals surface area contributed by atoms with E-state index in [1.807, 2.05) is 0 Å². The molecule has 0 fully saturated rings. The number of hydrogen-bond acceptors (Lipinski definition) is 4. The Balaban J connectivity index is 1.75. The zero-order valence-corrected chi connectivity index (χ0v) is 14.4. The molecule has 8 heteroatoms. The fourth-order valence-corrected chi connectivity index (χ4v) is 2.81. The summed E-state index contributed by atoms with van der Waals surface area (Å²) in [5.74, 6) is -0.122. The van der Waals surface area contributed by atoms with Gasteiger partial charge >= 0.3 is 0 Å². The number of aromatic nitrogens is 2. The van der Waals surface area contributed by atoms with E-state index in [2.05, 4.69) is 15.3 Å². The number of carbonyl (C=O) groups is 1. The Bertz CT molecular complexity index is 918. The lowest BCUT2D eigenvalue weighted by atomic mass is 10.2. The van der Waals surface area contributed by atoms with Crippen LogP contribution in [0, 0.1) is 0 Å². The van der Waals surface area contributed by atoms with Gasteiger partial charge in [0.2, 0.25) is 5.88 Å². The molecule has 0 bridgehead atoms. The molecular weight excluding hydrogens is 373 g/mol. The molecule has 0 unspecified atom stereocenters. The van der Waals surface area contributed by atoms with Crippen molar-refractivity contribution in [2.24, 2.45) is 0 Å². The zero-order chi connectivity index (χ0) is 17.1. The lowest BCUT2D eigenvalue weighted by Crippen LogP contribution is -2.20. The van der Waals surface area contributed by atoms with Crippen LogP contribution in [0.1, 0.15) is 0 Å². The van der Waals surface area contributed by atoms with Crippen LogP contribution in [0.25, 0.3) is 10.9 Å². The van der Waals surface area contributed by atoms with Crippen molar-refractivity contribution in [3.05, 3.63) is 57.8 Å². The molecule has 24 heavy (non-hydrogen) atoms. The summed E-state index contributed by atoms with van der Waals surface area (Å²) in [4.78, 5) is 20.1. The van der Waals surface area contributed by atoms with E-state index in [1.165, 1.54) is 6.33 Å². The van der Waals surface area contributed by atoms with Gasteiger partial charge in [0.25, 0.3) is 5.91 Å². The summed E-state index contributed by atoms with van der Waals surface area (Å²) in [6.07, 6.45) is 1.31. The number of nitrogens with one attached hydrogen (secondary N) is 1. The number of benzene rings is 2. The summed E-state index contributed by atoms with van der Waals surface area (Å²) in [5.41, 5.74) is 1.08. The van der Waals surface area contributed by atoms with Crippen LogP contribution in [0.15, 0.2) is 42.7 Å². The van der Waals surface area contributed by atoms with Crippen LogP contribution < -0.4 is 10.1 Å². The second kappa shape index (κ2) is 7.21. The Morgan fingerprint density at radius 2 is 1.92 bits per heavy atom. The van der Waals surface area contributed by atoms with Crippen molar-refractivity contribution in [3.8, 4) is 5.88 Å². The van der Waals surface area contributed by atoms with E-state index in [4.69, 9.17) is 39.5 Å². The van der Waals surface area contributed by atoms with Gasteiger partial charge in [0.05, 0.1) is 15.9 Å². The number of fused-ring (bicyclic) bond motifs is 1. The standard InChI is InChI=1S/C16H10Cl3N3O2/c17-9-2-1-3-11(4-9)22-14(23)7-24-16-12-5-10(18)6-13(19)15(12)20-8-21-16/h1-6,8H,7H2,(H,22,23). The summed E-state index contributed by atoms with van der Waals surface area (Å²) in [6.45, 7) is -0.233. The Morgan fingerprint density at radius 1 is 1.08 bits per heavy atom. The zero-order valence-electron chi connectivity index (χ0n) is 12.1. The third-order valence-corrected chi connectivity index (χ3v) is 3.81. The molecule has 0 aliphatic heterocycles. The highest BCUT2D eigenvalue weighted by atomic mass is 35.5. The number of nitrogens with zero attached hydrogens (tertiary/aromatic N) is 2. The van der Waals surface area contributed by atoms with Crippen LogP contribution in [0.5, 0.6) is 5.88 Å². The van der Waals surface area contributed by atoms with Crippen LogP contribution in [-0.2, 0) is 4.79 Å². The van der Waals surface area contributed by atoms with Gasteiger partial charge in [-0.2, -0.15) is 0 Å². The minimum absolute atomic E-state index is 0.227. The van der Waals surface area contributed by atoms with E-state index in [0.29, 0.717) is 31.7 Å². The molecule has 3 aromatic rings. The second-order valence-electron chi connectivity index (χ2n) is 4.81. The summed E-state index contributed by atoms with van der Waals surface area (Å²) >= 11 is 18.0. The van der Waals surface area contributed by atoms with E-state index in [-0.39, 0.29) is 18.4 Å². The maximum atomic E-state index is 12.0. The molecule has 0 aliphatic carbocycles. The SMILES string of the molecule is O=C(COc1ncnc2c(Cl)cc(Cl)cc12)Nc1cccc(Cl)c1. The molecule has 5 nitrogen and oxygen atoms in total. The number of hydrogen-bond donors (Lipinski definition) is 1. The van der Waals surface area contributed by atoms with Gasteiger partial charge in [0, 0.05) is 15.7 Å². The second-order valence-corrected chi connectivity index (χ2v) is 6.09. The first-order valence-corrected chi connectivity index (χ1v) is 7.94. The van der Waals surface area contributed by atoms with Crippen LogP contribution in [0.3, 0.4) is 0 Å². The molecule has 1 heterocycles. The summed E-state index contributed by atoms with van der Waals surface area (Å²) in [5, 5.41) is 4.55. The average molecular weight is 383 g/mol. The summed E-state index contributed by atoms with van der Waals surface area (Å²) in [7, 11) is 0. The minimum Gasteiger partial charge on any atom is -0.467 e. The Morgan fingerprint density at radius 3 is 2.71 bits per heavy atom. The van der Waals surface area contributed by atoms with Crippen molar-refractivity contribution in [3.63, 3.8) is 0 Å². The number of halogens is 3. The Kier molecular flexibility index (Phi) is 5.04. The monoisotopic (exact) mass is 381 g/mol. The fourth-order valence-electron chi connectivity index (χ4n) is 2.08. The first kappa shape index (κ1) is 16.8. The van der Waals surface area contributed by atoms with Crippen molar-refractivity contribution in [1.82, 2.24) is 9.97 Å². The van der Waals surface area contributed by atoms with Crippen LogP contribution in [0.4, 0.5) is 5.69 Å². The van der Waals surface area contributed by atoms with Gasteiger partial charge in [-0.3, -0.25) is 4.79 Å². The lowest BCUT2D eigenvalue weighted by molar-refractivity contribution is -0.118. The molecule has 0 radical (unpaired) electrons. The Hall–Kier alpha value is -2.08. The van der Waals surface area contributed by atoms with Gasteiger partial charge in [0.1, 0.15) is 6.33 Å². The molecule has 1 amide bonds. The lowest BCUT2D eigenvalue weighted by Gasteiger charge is -2.09. The molecule has 0 aliphatic rings. The third kappa shape index (κ3) is 3.87. The molecule has 0 atom stereocenters. The molecule has 1 aromatic heterocycles. The summed E-state index contributed by atoms with van der Waals surface area (Å²) < 4.78 is 5.48. The summed E-state index contributed by atoms with van der Waals surface area (Å²) in [6, 6.07) is 10.0. The van der Waals surface area contributed by atoms with E-state index in [0.717, 1.165) is 0 Å². The number of ether oxygens (including phenoxy) is 1. The van der Waals surface area contributed by atoms with E-state index in [9.17, 15) is 4.79 Å². The van der Waals surface area contributed by atoms with Crippen molar-refractivity contribution >= 4 is 57.3 Å². The predicted octanol–water partition coefficient (Wildman–Crippen LogP) is 4.61. The van der Waals surface area contributed by atoms with Crippen molar-refractivity contribution in [2.75, 3.05) is 11.9 Å². The fraction of sp³-hybridized carbons (Fsp3) is 0.0625. The largest absolute Gasteiger partial charge is 0.467 e. The van der Waals surface area contributed by atoms with Gasteiger partial charge < -0.3 is 10.1 Å². The van der Waals surface area contributed by atoms with Gasteiger partial charge in [-0.05, 0) is 30.3 Å². The normalized spacial score (nSPS) is 10.6. The molecular formula is C16H10Cl3N3O2. The average Bonchev–Trinajstić information content (AvgIpc) is 2.53. The predicted molar refractivity (Wildman–Crippen MR) is 95.1 cm³/mol. The number of anilines is 1. The highest BCUT2D eigenvalue weighted by Crippen LogP contribution is 2.30. The van der Waals surface area contributed by atoms with Crippen molar-refractivity contribution in [2.45, 2.75) is 0 Å². The van der Waals surface area contributed by atoms with Crippen LogP contribution >= 0.6 is 34.8 Å². The highest BCUT2D eigenvalue weighted by molar-refractivity contribution is 6.38. The Labute approximate surface area is 152 Å². The van der Waals surface area contributed by atoms with Gasteiger partial charge in [-0.25, -0.2) is 9.97 Å². The topological polar surface area (TPSA) is 64.1 Å². The smallest absolute Gasteiger partial charge is 0.262 e. The maximum Gasteiger partial charge on any atom is 0.262 e. The molecule has 0 spiro atoms. The first-order valence-electron chi connectivity index (χ1n) is 6.81. The van der Waals surface area contributed by atoms with Gasteiger partial charge in [-0.1, -0.05) is 40.9 Å². The molecule has 122 valence electrons. The number of carbonyl (C=O) groups excluding carboxylic acids is 1. The van der Waals surface area contributed by atoms with Crippen LogP contribution in [-0.4, -0.2) is 22.5 Å². The number of rotatable bonds is 4. The van der Waals surface area contributed by atoms with E-state index in [1.54, 1.807) is 36.4 Å². The molecule has 0 saturated heterocycles. The van der Waals surface area contributed by atoms with Crippen LogP contribution in [0.2, 0.25) is 15.1 Å². The number of amides is 1. The first-order chi connectivity index (χ1) is 11.5. The quantitative estimate of drug-likeness (QED) is 0.716. The third-order valence-electron chi connectivity index (χ3n) is 3.07. The van der Waals surface area contributed by atoms with E-state index < -0.39 is 0 Å². The van der Waals surface area contributed by atoms with Gasteiger partial charge in [0.15, 0.2) is 6.61 Å². The molecule has 2 aromatic carbocycles. The molecule has 3 rings (SSSR count). The molecule has 0 saturated carbocycles.